The van der Waals surface area contributed by atoms with E-state index in [1.54, 1.807) is 18.5 Å². The molecule has 23 heavy (non-hydrogen) atoms. The lowest BCUT2D eigenvalue weighted by atomic mass is 10.2. The molecule has 0 atom stereocenters. The fourth-order valence-corrected chi connectivity index (χ4v) is 2.50. The minimum Gasteiger partial charge on any atom is -0.380 e. The van der Waals surface area contributed by atoms with E-state index in [9.17, 15) is 4.79 Å². The Kier molecular flexibility index (Phi) is 4.83. The van der Waals surface area contributed by atoms with E-state index >= 15 is 0 Å². The Bertz CT molecular complexity index is 636. The molecule has 1 N–H and O–H groups in total. The molecule has 0 radical (unpaired) electrons. The topological polar surface area (TPSA) is 61.4 Å². The van der Waals surface area contributed by atoms with Crippen molar-refractivity contribution in [3.8, 4) is 0 Å². The standard InChI is InChI=1S/C17H21N5O/c1-21-7-9-22(10-8-21)17(23)16-5-4-15(13-20-16)19-12-14-3-2-6-18-11-14/h2-6,11,13,19H,7-10,12H2,1H3. The van der Waals surface area contributed by atoms with Gasteiger partial charge in [0, 0.05) is 45.1 Å². The van der Waals surface area contributed by atoms with Gasteiger partial charge in [0.25, 0.3) is 5.91 Å². The number of hydrogen-bond acceptors (Lipinski definition) is 5. The summed E-state index contributed by atoms with van der Waals surface area (Å²) in [5.74, 6) is 0.0110. The van der Waals surface area contributed by atoms with Crippen LogP contribution >= 0.6 is 0 Å². The molecule has 0 unspecified atom stereocenters. The van der Waals surface area contributed by atoms with E-state index in [4.69, 9.17) is 0 Å². The number of piperazine rings is 1. The average molecular weight is 311 g/mol. The molecule has 3 heterocycles. The van der Waals surface area contributed by atoms with Crippen molar-refractivity contribution < 1.29 is 4.79 Å². The van der Waals surface area contributed by atoms with Gasteiger partial charge in [-0.1, -0.05) is 6.07 Å². The van der Waals surface area contributed by atoms with Gasteiger partial charge in [0.2, 0.25) is 0 Å². The first kappa shape index (κ1) is 15.4. The predicted octanol–water partition coefficient (Wildman–Crippen LogP) is 1.48. The predicted molar refractivity (Wildman–Crippen MR) is 89.2 cm³/mol. The Balaban J connectivity index is 1.57. The van der Waals surface area contributed by atoms with Gasteiger partial charge in [0.05, 0.1) is 11.9 Å². The van der Waals surface area contributed by atoms with Crippen LogP contribution in [0.1, 0.15) is 16.1 Å². The molecule has 1 saturated heterocycles. The Morgan fingerprint density at radius 2 is 2.00 bits per heavy atom. The summed E-state index contributed by atoms with van der Waals surface area (Å²) in [5.41, 5.74) is 2.50. The van der Waals surface area contributed by atoms with E-state index in [1.807, 2.05) is 29.3 Å². The average Bonchev–Trinajstić information content (AvgIpc) is 2.61. The Labute approximate surface area is 136 Å². The molecule has 2 aromatic rings. The second kappa shape index (κ2) is 7.19. The highest BCUT2D eigenvalue weighted by Crippen LogP contribution is 2.11. The third-order valence-corrected chi connectivity index (χ3v) is 3.99. The van der Waals surface area contributed by atoms with Crippen molar-refractivity contribution in [3.05, 3.63) is 54.1 Å². The number of amides is 1. The summed E-state index contributed by atoms with van der Waals surface area (Å²) in [6, 6.07) is 7.60. The fraction of sp³-hybridized carbons (Fsp3) is 0.353. The highest BCUT2D eigenvalue weighted by molar-refractivity contribution is 5.92. The summed E-state index contributed by atoms with van der Waals surface area (Å²) in [4.78, 5) is 24.9. The van der Waals surface area contributed by atoms with Gasteiger partial charge in [0.1, 0.15) is 5.69 Å². The van der Waals surface area contributed by atoms with E-state index in [-0.39, 0.29) is 5.91 Å². The van der Waals surface area contributed by atoms with Gasteiger partial charge in [-0.2, -0.15) is 0 Å². The third kappa shape index (κ3) is 4.04. The smallest absolute Gasteiger partial charge is 0.272 e. The first-order valence-electron chi connectivity index (χ1n) is 7.79. The molecule has 1 aliphatic heterocycles. The number of likely N-dealkylation sites (N-methyl/N-ethyl adjacent to an activating group) is 1. The number of nitrogens with one attached hydrogen (secondary N) is 1. The SMILES string of the molecule is CN1CCN(C(=O)c2ccc(NCc3cccnc3)cn2)CC1. The van der Waals surface area contributed by atoms with Gasteiger partial charge in [-0.05, 0) is 30.8 Å². The number of aromatic nitrogens is 2. The first-order valence-corrected chi connectivity index (χ1v) is 7.79. The number of pyridine rings is 2. The fourth-order valence-electron chi connectivity index (χ4n) is 2.50. The zero-order valence-electron chi connectivity index (χ0n) is 13.3. The maximum atomic E-state index is 12.4. The third-order valence-electron chi connectivity index (χ3n) is 3.99. The number of rotatable bonds is 4. The van der Waals surface area contributed by atoms with E-state index in [1.165, 1.54) is 0 Å². The maximum Gasteiger partial charge on any atom is 0.272 e. The van der Waals surface area contributed by atoms with Crippen LogP contribution in [0.4, 0.5) is 5.69 Å². The van der Waals surface area contributed by atoms with Gasteiger partial charge >= 0.3 is 0 Å². The molecule has 1 aliphatic rings. The zero-order chi connectivity index (χ0) is 16.1. The summed E-state index contributed by atoms with van der Waals surface area (Å²) < 4.78 is 0. The van der Waals surface area contributed by atoms with Gasteiger partial charge < -0.3 is 15.1 Å². The molecule has 0 saturated carbocycles. The number of carbonyl (C=O) groups excluding carboxylic acids is 1. The molecule has 120 valence electrons. The van der Waals surface area contributed by atoms with Gasteiger partial charge in [-0.3, -0.25) is 9.78 Å². The zero-order valence-corrected chi connectivity index (χ0v) is 13.3. The van der Waals surface area contributed by atoms with Crippen molar-refractivity contribution in [2.24, 2.45) is 0 Å². The van der Waals surface area contributed by atoms with Crippen molar-refractivity contribution in [2.45, 2.75) is 6.54 Å². The summed E-state index contributed by atoms with van der Waals surface area (Å²) in [5, 5.41) is 3.28. The van der Waals surface area contributed by atoms with Gasteiger partial charge in [0.15, 0.2) is 0 Å². The molecule has 6 heteroatoms. The summed E-state index contributed by atoms with van der Waals surface area (Å²) >= 11 is 0. The quantitative estimate of drug-likeness (QED) is 0.926. The van der Waals surface area contributed by atoms with Crippen LogP contribution in [0.2, 0.25) is 0 Å². The largest absolute Gasteiger partial charge is 0.380 e. The number of anilines is 1. The number of carbonyl (C=O) groups is 1. The van der Waals surface area contributed by atoms with Crippen molar-refractivity contribution in [1.29, 1.82) is 0 Å². The van der Waals surface area contributed by atoms with Gasteiger partial charge in [-0.15, -0.1) is 0 Å². The highest BCUT2D eigenvalue weighted by atomic mass is 16.2. The molecular weight excluding hydrogens is 290 g/mol. The molecule has 0 aliphatic carbocycles. The lowest BCUT2D eigenvalue weighted by molar-refractivity contribution is 0.0658. The minimum absolute atomic E-state index is 0.0110. The van der Waals surface area contributed by atoms with Crippen LogP contribution in [0.5, 0.6) is 0 Å². The highest BCUT2D eigenvalue weighted by Gasteiger charge is 2.20. The van der Waals surface area contributed by atoms with Crippen LogP contribution in [-0.2, 0) is 6.54 Å². The van der Waals surface area contributed by atoms with Crippen molar-refractivity contribution >= 4 is 11.6 Å². The van der Waals surface area contributed by atoms with Crippen LogP contribution in [0.3, 0.4) is 0 Å². The van der Waals surface area contributed by atoms with E-state index < -0.39 is 0 Å². The van der Waals surface area contributed by atoms with E-state index in [2.05, 4.69) is 27.2 Å². The van der Waals surface area contributed by atoms with Crippen LogP contribution in [0.25, 0.3) is 0 Å². The second-order valence-electron chi connectivity index (χ2n) is 5.74. The first-order chi connectivity index (χ1) is 11.2. The summed E-state index contributed by atoms with van der Waals surface area (Å²) in [6.07, 6.45) is 5.29. The number of nitrogens with zero attached hydrogens (tertiary/aromatic N) is 4. The van der Waals surface area contributed by atoms with Crippen LogP contribution < -0.4 is 5.32 Å². The molecule has 6 nitrogen and oxygen atoms in total. The van der Waals surface area contributed by atoms with Crippen LogP contribution in [0.15, 0.2) is 42.9 Å². The minimum atomic E-state index is 0.0110. The van der Waals surface area contributed by atoms with Crippen molar-refractivity contribution in [3.63, 3.8) is 0 Å². The Morgan fingerprint density at radius 3 is 2.65 bits per heavy atom. The molecule has 3 rings (SSSR count). The van der Waals surface area contributed by atoms with Crippen molar-refractivity contribution in [1.82, 2.24) is 19.8 Å². The molecule has 1 fully saturated rings. The van der Waals surface area contributed by atoms with Crippen LogP contribution in [0, 0.1) is 0 Å². The van der Waals surface area contributed by atoms with E-state index in [0.717, 1.165) is 37.4 Å². The Morgan fingerprint density at radius 1 is 1.17 bits per heavy atom. The molecular formula is C17H21N5O. The normalized spacial score (nSPS) is 15.4. The molecule has 1 amide bonds. The van der Waals surface area contributed by atoms with E-state index in [0.29, 0.717) is 12.2 Å². The molecule has 0 spiro atoms. The monoisotopic (exact) mass is 311 g/mol. The Hall–Kier alpha value is -2.47. The van der Waals surface area contributed by atoms with Gasteiger partial charge in [-0.25, -0.2) is 4.98 Å². The summed E-state index contributed by atoms with van der Waals surface area (Å²) in [6.45, 7) is 4.03. The molecule has 0 bridgehead atoms. The van der Waals surface area contributed by atoms with Crippen LogP contribution in [-0.4, -0.2) is 58.9 Å². The lowest BCUT2D eigenvalue weighted by Crippen LogP contribution is -2.47. The van der Waals surface area contributed by atoms with Crippen molar-refractivity contribution in [2.75, 3.05) is 38.5 Å². The maximum absolute atomic E-state index is 12.4. The lowest BCUT2D eigenvalue weighted by Gasteiger charge is -2.32. The second-order valence-corrected chi connectivity index (χ2v) is 5.74. The molecule has 0 aromatic carbocycles. The number of hydrogen-bond donors (Lipinski definition) is 1. The summed E-state index contributed by atoms with van der Waals surface area (Å²) in [7, 11) is 2.07. The molecule has 2 aromatic heterocycles.